The minimum absolute atomic E-state index is 0.0125. The first-order valence-electron chi connectivity index (χ1n) is 4.66. The third-order valence-electron chi connectivity index (χ3n) is 2.53. The fraction of sp³-hybridized carbons (Fsp3) is 0. The maximum absolute atomic E-state index is 13.8. The Morgan fingerprint density at radius 3 is 2.62 bits per heavy atom. The van der Waals surface area contributed by atoms with Gasteiger partial charge in [-0.3, -0.25) is 0 Å². The molecule has 0 atom stereocenters. The number of benzene rings is 2. The number of phenolic OH excluding ortho intramolecular Hbond substituents is 1. The van der Waals surface area contributed by atoms with Gasteiger partial charge >= 0.3 is 0 Å². The van der Waals surface area contributed by atoms with Crippen LogP contribution in [0.4, 0.5) is 4.39 Å². The molecule has 0 aliphatic heterocycles. The van der Waals surface area contributed by atoms with E-state index < -0.39 is 5.82 Å². The topological polar surface area (TPSA) is 33.4 Å². The van der Waals surface area contributed by atoms with Gasteiger partial charge < -0.3 is 9.52 Å². The SMILES string of the molecule is Oc1cccc2oc3ccc(Cl)c(F)c3c12. The Kier molecular flexibility index (Phi) is 1.85. The summed E-state index contributed by atoms with van der Waals surface area (Å²) in [6, 6.07) is 7.80. The molecule has 0 amide bonds. The molecule has 2 nitrogen and oxygen atoms in total. The predicted molar refractivity (Wildman–Crippen MR) is 60.4 cm³/mol. The number of rotatable bonds is 0. The molecule has 0 saturated heterocycles. The van der Waals surface area contributed by atoms with Crippen LogP contribution in [0.3, 0.4) is 0 Å². The Labute approximate surface area is 94.9 Å². The van der Waals surface area contributed by atoms with Crippen LogP contribution in [-0.4, -0.2) is 5.11 Å². The lowest BCUT2D eigenvalue weighted by molar-refractivity contribution is 0.481. The van der Waals surface area contributed by atoms with Gasteiger partial charge in [0.2, 0.25) is 0 Å². The largest absolute Gasteiger partial charge is 0.507 e. The monoisotopic (exact) mass is 236 g/mol. The molecule has 0 radical (unpaired) electrons. The maximum atomic E-state index is 13.8. The summed E-state index contributed by atoms with van der Waals surface area (Å²) in [6.07, 6.45) is 0. The zero-order valence-electron chi connectivity index (χ0n) is 8.00. The van der Waals surface area contributed by atoms with E-state index in [0.29, 0.717) is 16.6 Å². The first-order chi connectivity index (χ1) is 7.68. The van der Waals surface area contributed by atoms with Crippen molar-refractivity contribution < 1.29 is 13.9 Å². The highest BCUT2D eigenvalue weighted by Crippen LogP contribution is 2.37. The highest BCUT2D eigenvalue weighted by molar-refractivity contribution is 6.32. The third kappa shape index (κ3) is 1.12. The van der Waals surface area contributed by atoms with Gasteiger partial charge in [0.05, 0.1) is 15.8 Å². The zero-order chi connectivity index (χ0) is 11.3. The van der Waals surface area contributed by atoms with Crippen LogP contribution < -0.4 is 0 Å². The predicted octanol–water partition coefficient (Wildman–Crippen LogP) is 4.08. The Hall–Kier alpha value is -1.74. The fourth-order valence-corrected chi connectivity index (χ4v) is 1.98. The fourth-order valence-electron chi connectivity index (χ4n) is 1.83. The Bertz CT molecular complexity index is 703. The molecular weight excluding hydrogens is 231 g/mol. The number of hydrogen-bond acceptors (Lipinski definition) is 2. The summed E-state index contributed by atoms with van der Waals surface area (Å²) >= 11 is 5.70. The molecule has 0 aliphatic carbocycles. The Balaban J connectivity index is 2.66. The normalized spacial score (nSPS) is 11.4. The summed E-state index contributed by atoms with van der Waals surface area (Å²) < 4.78 is 19.2. The minimum Gasteiger partial charge on any atom is -0.507 e. The third-order valence-corrected chi connectivity index (χ3v) is 2.82. The van der Waals surface area contributed by atoms with Crippen molar-refractivity contribution in [2.75, 3.05) is 0 Å². The van der Waals surface area contributed by atoms with E-state index in [4.69, 9.17) is 16.0 Å². The number of halogens is 2. The molecule has 0 saturated carbocycles. The van der Waals surface area contributed by atoms with Gasteiger partial charge in [-0.05, 0) is 24.3 Å². The van der Waals surface area contributed by atoms with Crippen LogP contribution in [0.1, 0.15) is 0 Å². The molecule has 0 aliphatic rings. The molecule has 0 fully saturated rings. The highest BCUT2D eigenvalue weighted by Gasteiger charge is 2.16. The summed E-state index contributed by atoms with van der Waals surface area (Å²) in [5.41, 5.74) is 0.814. The first kappa shape index (κ1) is 9.48. The van der Waals surface area contributed by atoms with E-state index in [0.717, 1.165) is 0 Å². The lowest BCUT2D eigenvalue weighted by Gasteiger charge is -1.96. The van der Waals surface area contributed by atoms with Crippen LogP contribution in [0.25, 0.3) is 21.9 Å². The van der Waals surface area contributed by atoms with Gasteiger partial charge in [0.15, 0.2) is 5.82 Å². The maximum Gasteiger partial charge on any atom is 0.153 e. The summed E-state index contributed by atoms with van der Waals surface area (Å²) in [5.74, 6) is -0.586. The van der Waals surface area contributed by atoms with Crippen LogP contribution in [-0.2, 0) is 0 Å². The first-order valence-corrected chi connectivity index (χ1v) is 5.04. The van der Waals surface area contributed by atoms with Crippen LogP contribution in [0.2, 0.25) is 5.02 Å². The second-order valence-corrected chi connectivity index (χ2v) is 3.89. The zero-order valence-corrected chi connectivity index (χ0v) is 8.75. The van der Waals surface area contributed by atoms with Crippen molar-refractivity contribution in [3.63, 3.8) is 0 Å². The van der Waals surface area contributed by atoms with Gasteiger partial charge in [0.1, 0.15) is 16.9 Å². The van der Waals surface area contributed by atoms with Crippen LogP contribution in [0.15, 0.2) is 34.7 Å². The van der Waals surface area contributed by atoms with E-state index >= 15 is 0 Å². The van der Waals surface area contributed by atoms with Gasteiger partial charge in [0, 0.05) is 0 Å². The van der Waals surface area contributed by atoms with E-state index in [1.165, 1.54) is 12.1 Å². The molecule has 0 bridgehead atoms. The van der Waals surface area contributed by atoms with Crippen molar-refractivity contribution >= 4 is 33.5 Å². The molecule has 3 rings (SSSR count). The Morgan fingerprint density at radius 1 is 1.06 bits per heavy atom. The van der Waals surface area contributed by atoms with Crippen LogP contribution in [0.5, 0.6) is 5.75 Å². The van der Waals surface area contributed by atoms with Crippen molar-refractivity contribution in [3.05, 3.63) is 41.2 Å². The quantitative estimate of drug-likeness (QED) is 0.638. The van der Waals surface area contributed by atoms with E-state index in [1.54, 1.807) is 18.2 Å². The molecule has 80 valence electrons. The minimum atomic E-state index is -0.570. The second-order valence-electron chi connectivity index (χ2n) is 3.49. The van der Waals surface area contributed by atoms with Gasteiger partial charge in [-0.25, -0.2) is 4.39 Å². The molecule has 2 aromatic carbocycles. The van der Waals surface area contributed by atoms with Gasteiger partial charge in [-0.1, -0.05) is 17.7 Å². The van der Waals surface area contributed by atoms with E-state index in [1.807, 2.05) is 0 Å². The lowest BCUT2D eigenvalue weighted by atomic mass is 10.1. The molecule has 3 aromatic rings. The summed E-state index contributed by atoms with van der Waals surface area (Å²) in [4.78, 5) is 0. The smallest absolute Gasteiger partial charge is 0.153 e. The van der Waals surface area contributed by atoms with E-state index in [9.17, 15) is 9.50 Å². The Morgan fingerprint density at radius 2 is 1.81 bits per heavy atom. The van der Waals surface area contributed by atoms with Gasteiger partial charge in [-0.2, -0.15) is 0 Å². The van der Waals surface area contributed by atoms with E-state index in [2.05, 4.69) is 0 Å². The molecular formula is C12H6ClFO2. The van der Waals surface area contributed by atoms with Crippen molar-refractivity contribution in [1.82, 2.24) is 0 Å². The molecule has 0 unspecified atom stereocenters. The number of phenols is 1. The molecule has 1 aromatic heterocycles. The summed E-state index contributed by atoms with van der Waals surface area (Å²) in [6.45, 7) is 0. The second kappa shape index (κ2) is 3.12. The standard InChI is InChI=1S/C12H6ClFO2/c13-6-4-5-9-11(12(6)14)10-7(15)2-1-3-8(10)16-9/h1-5,15H. The summed E-state index contributed by atoms with van der Waals surface area (Å²) in [7, 11) is 0. The van der Waals surface area contributed by atoms with Crippen molar-refractivity contribution in [3.8, 4) is 5.75 Å². The lowest BCUT2D eigenvalue weighted by Crippen LogP contribution is -1.78. The average molecular weight is 237 g/mol. The molecule has 4 heteroatoms. The van der Waals surface area contributed by atoms with Crippen molar-refractivity contribution in [2.45, 2.75) is 0 Å². The average Bonchev–Trinajstić information content (AvgIpc) is 2.64. The number of aromatic hydroxyl groups is 1. The van der Waals surface area contributed by atoms with Crippen molar-refractivity contribution in [2.24, 2.45) is 0 Å². The van der Waals surface area contributed by atoms with Gasteiger partial charge in [0.25, 0.3) is 0 Å². The van der Waals surface area contributed by atoms with Crippen molar-refractivity contribution in [1.29, 1.82) is 0 Å². The van der Waals surface area contributed by atoms with Crippen LogP contribution >= 0.6 is 11.6 Å². The molecule has 1 N–H and O–H groups in total. The summed E-state index contributed by atoms with van der Waals surface area (Å²) in [5, 5.41) is 10.3. The number of fused-ring (bicyclic) bond motifs is 3. The molecule has 0 spiro atoms. The van der Waals surface area contributed by atoms with E-state index in [-0.39, 0.29) is 16.2 Å². The highest BCUT2D eigenvalue weighted by atomic mass is 35.5. The molecule has 16 heavy (non-hydrogen) atoms. The number of hydrogen-bond donors (Lipinski definition) is 1. The number of furan rings is 1. The molecule has 1 heterocycles. The van der Waals surface area contributed by atoms with Crippen LogP contribution in [0, 0.1) is 5.82 Å². The van der Waals surface area contributed by atoms with Gasteiger partial charge in [-0.15, -0.1) is 0 Å².